The van der Waals surface area contributed by atoms with Crippen LogP contribution in [0, 0.1) is 0 Å². The molecule has 2 amide bonds. The predicted molar refractivity (Wildman–Crippen MR) is 87.5 cm³/mol. The zero-order valence-corrected chi connectivity index (χ0v) is 13.5. The van der Waals surface area contributed by atoms with Gasteiger partial charge in [0.1, 0.15) is 6.10 Å². The van der Waals surface area contributed by atoms with Crippen LogP contribution in [0.1, 0.15) is 36.5 Å². The molecule has 1 aromatic carbocycles. The van der Waals surface area contributed by atoms with Crippen molar-refractivity contribution in [2.45, 2.75) is 32.3 Å². The van der Waals surface area contributed by atoms with Crippen molar-refractivity contribution < 1.29 is 19.1 Å². The van der Waals surface area contributed by atoms with Crippen molar-refractivity contribution >= 4 is 17.5 Å². The first kappa shape index (κ1) is 17.4. The van der Waals surface area contributed by atoms with Crippen molar-refractivity contribution in [1.82, 2.24) is 5.32 Å². The minimum Gasteiger partial charge on any atom is -0.382 e. The Hall–Kier alpha value is -1.92. The van der Waals surface area contributed by atoms with Gasteiger partial charge >= 0.3 is 0 Å². The molecule has 1 aliphatic heterocycles. The highest BCUT2D eigenvalue weighted by Gasteiger charge is 2.24. The molecule has 2 rings (SSSR count). The first-order chi connectivity index (χ1) is 11.2. The van der Waals surface area contributed by atoms with Crippen LogP contribution in [0.5, 0.6) is 0 Å². The van der Waals surface area contributed by atoms with Gasteiger partial charge < -0.3 is 20.1 Å². The summed E-state index contributed by atoms with van der Waals surface area (Å²) in [6.07, 6.45) is 1.94. The molecule has 0 aromatic heterocycles. The molecule has 1 saturated heterocycles. The van der Waals surface area contributed by atoms with Crippen molar-refractivity contribution in [3.63, 3.8) is 0 Å². The van der Waals surface area contributed by atoms with E-state index in [-0.39, 0.29) is 11.8 Å². The largest absolute Gasteiger partial charge is 0.382 e. The van der Waals surface area contributed by atoms with Crippen LogP contribution < -0.4 is 10.6 Å². The number of nitrogens with one attached hydrogen (secondary N) is 2. The van der Waals surface area contributed by atoms with Gasteiger partial charge in [0.25, 0.3) is 11.8 Å². The van der Waals surface area contributed by atoms with Crippen LogP contribution in [-0.2, 0) is 14.3 Å². The molecule has 1 fully saturated rings. The second-order valence-electron chi connectivity index (χ2n) is 5.34. The van der Waals surface area contributed by atoms with E-state index >= 15 is 0 Å². The first-order valence-corrected chi connectivity index (χ1v) is 8.09. The molecule has 0 aliphatic carbocycles. The summed E-state index contributed by atoms with van der Waals surface area (Å²) in [6.45, 7) is 4.37. The predicted octanol–water partition coefficient (Wildman–Crippen LogP) is 1.96. The number of ether oxygens (including phenoxy) is 2. The summed E-state index contributed by atoms with van der Waals surface area (Å²) in [5.41, 5.74) is 0.963. The Balaban J connectivity index is 1.91. The summed E-state index contributed by atoms with van der Waals surface area (Å²) in [5, 5.41) is 5.63. The lowest BCUT2D eigenvalue weighted by molar-refractivity contribution is -0.124. The van der Waals surface area contributed by atoms with Gasteiger partial charge in [-0.25, -0.2) is 0 Å². The highest BCUT2D eigenvalue weighted by Crippen LogP contribution is 2.18. The van der Waals surface area contributed by atoms with Crippen molar-refractivity contribution in [2.75, 3.05) is 31.7 Å². The molecular formula is C17H24N2O4. The number of benzene rings is 1. The van der Waals surface area contributed by atoms with Crippen LogP contribution in [0.25, 0.3) is 0 Å². The van der Waals surface area contributed by atoms with E-state index in [1.807, 2.05) is 6.92 Å². The van der Waals surface area contributed by atoms with E-state index in [2.05, 4.69) is 10.6 Å². The normalized spacial score (nSPS) is 17.0. The van der Waals surface area contributed by atoms with Gasteiger partial charge in [-0.05, 0) is 38.3 Å². The zero-order valence-electron chi connectivity index (χ0n) is 13.5. The van der Waals surface area contributed by atoms with Gasteiger partial charge in [0.2, 0.25) is 0 Å². The Morgan fingerprint density at radius 3 is 2.91 bits per heavy atom. The number of amides is 2. The molecule has 126 valence electrons. The minimum atomic E-state index is -0.419. The van der Waals surface area contributed by atoms with Crippen molar-refractivity contribution in [2.24, 2.45) is 0 Å². The summed E-state index contributed by atoms with van der Waals surface area (Å²) >= 11 is 0. The van der Waals surface area contributed by atoms with E-state index in [0.717, 1.165) is 19.3 Å². The van der Waals surface area contributed by atoms with E-state index in [1.165, 1.54) is 0 Å². The van der Waals surface area contributed by atoms with Gasteiger partial charge in [0, 0.05) is 26.4 Å². The molecule has 0 saturated carbocycles. The number of para-hydroxylation sites is 1. The standard InChI is InChI=1S/C17H24N2O4/c1-2-22-11-6-10-18-16(20)13-7-3-4-8-14(13)19-17(21)15-9-5-12-23-15/h3-4,7-8,15H,2,5-6,9-12H2,1H3,(H,18,20)(H,19,21). The lowest BCUT2D eigenvalue weighted by Gasteiger charge is -2.14. The minimum absolute atomic E-state index is 0.195. The molecular weight excluding hydrogens is 296 g/mol. The fourth-order valence-electron chi connectivity index (χ4n) is 2.40. The molecule has 0 spiro atoms. The smallest absolute Gasteiger partial charge is 0.253 e. The highest BCUT2D eigenvalue weighted by atomic mass is 16.5. The van der Waals surface area contributed by atoms with E-state index < -0.39 is 6.10 Å². The topological polar surface area (TPSA) is 76.7 Å². The quantitative estimate of drug-likeness (QED) is 0.718. The number of rotatable bonds is 8. The van der Waals surface area contributed by atoms with Crippen molar-refractivity contribution in [1.29, 1.82) is 0 Å². The number of carbonyl (C=O) groups excluding carboxylic acids is 2. The molecule has 6 nitrogen and oxygen atoms in total. The Morgan fingerprint density at radius 1 is 1.35 bits per heavy atom. The summed E-state index contributed by atoms with van der Waals surface area (Å²) < 4.78 is 10.6. The monoisotopic (exact) mass is 320 g/mol. The van der Waals surface area contributed by atoms with Gasteiger partial charge in [-0.3, -0.25) is 9.59 Å². The maximum Gasteiger partial charge on any atom is 0.253 e. The number of hydrogen-bond donors (Lipinski definition) is 2. The van der Waals surface area contributed by atoms with Gasteiger partial charge in [0.15, 0.2) is 0 Å². The fourth-order valence-corrected chi connectivity index (χ4v) is 2.40. The van der Waals surface area contributed by atoms with E-state index in [0.29, 0.717) is 37.6 Å². The Kier molecular flexibility index (Phi) is 7.03. The zero-order chi connectivity index (χ0) is 16.5. The summed E-state index contributed by atoms with van der Waals surface area (Å²) in [4.78, 5) is 24.4. The molecule has 0 bridgehead atoms. The van der Waals surface area contributed by atoms with Gasteiger partial charge in [0.05, 0.1) is 11.3 Å². The highest BCUT2D eigenvalue weighted by molar-refractivity contribution is 6.04. The van der Waals surface area contributed by atoms with E-state index in [4.69, 9.17) is 9.47 Å². The molecule has 6 heteroatoms. The van der Waals surface area contributed by atoms with Crippen LogP contribution in [0.2, 0.25) is 0 Å². The molecule has 1 atom stereocenters. The maximum absolute atomic E-state index is 12.3. The molecule has 23 heavy (non-hydrogen) atoms. The number of anilines is 1. The average molecular weight is 320 g/mol. The number of hydrogen-bond acceptors (Lipinski definition) is 4. The lowest BCUT2D eigenvalue weighted by atomic mass is 10.1. The third-order valence-electron chi connectivity index (χ3n) is 3.61. The lowest BCUT2D eigenvalue weighted by Crippen LogP contribution is -2.30. The molecule has 1 heterocycles. The van der Waals surface area contributed by atoms with Crippen LogP contribution in [0.15, 0.2) is 24.3 Å². The van der Waals surface area contributed by atoms with Crippen LogP contribution in [0.4, 0.5) is 5.69 Å². The third kappa shape index (κ3) is 5.33. The maximum atomic E-state index is 12.3. The van der Waals surface area contributed by atoms with Crippen LogP contribution in [-0.4, -0.2) is 44.3 Å². The van der Waals surface area contributed by atoms with Crippen molar-refractivity contribution in [3.8, 4) is 0 Å². The summed E-state index contributed by atoms with van der Waals surface area (Å²) in [5.74, 6) is -0.399. The Morgan fingerprint density at radius 2 is 2.17 bits per heavy atom. The van der Waals surface area contributed by atoms with Gasteiger partial charge in [-0.2, -0.15) is 0 Å². The fraction of sp³-hybridized carbons (Fsp3) is 0.529. The van der Waals surface area contributed by atoms with E-state index in [9.17, 15) is 9.59 Å². The third-order valence-corrected chi connectivity index (χ3v) is 3.61. The summed E-state index contributed by atoms with van der Waals surface area (Å²) in [7, 11) is 0. The molecule has 0 radical (unpaired) electrons. The second-order valence-corrected chi connectivity index (χ2v) is 5.34. The molecule has 1 aliphatic rings. The van der Waals surface area contributed by atoms with Gasteiger partial charge in [-0.1, -0.05) is 12.1 Å². The second kappa shape index (κ2) is 9.27. The molecule has 1 unspecified atom stereocenters. The number of carbonyl (C=O) groups is 2. The SMILES string of the molecule is CCOCCCNC(=O)c1ccccc1NC(=O)C1CCCO1. The molecule has 2 N–H and O–H groups in total. The van der Waals surface area contributed by atoms with Crippen LogP contribution >= 0.6 is 0 Å². The van der Waals surface area contributed by atoms with Crippen molar-refractivity contribution in [3.05, 3.63) is 29.8 Å². The Labute approximate surface area is 136 Å². The Bertz CT molecular complexity index is 527. The van der Waals surface area contributed by atoms with E-state index in [1.54, 1.807) is 24.3 Å². The van der Waals surface area contributed by atoms with Gasteiger partial charge in [-0.15, -0.1) is 0 Å². The first-order valence-electron chi connectivity index (χ1n) is 8.09. The van der Waals surface area contributed by atoms with Crippen LogP contribution in [0.3, 0.4) is 0 Å². The molecule has 1 aromatic rings. The summed E-state index contributed by atoms with van der Waals surface area (Å²) in [6, 6.07) is 6.98. The average Bonchev–Trinajstić information content (AvgIpc) is 3.09.